The number of carbonyl (C=O) groups is 1. The largest absolute Gasteiger partial charge is 0.353 e. The van der Waals surface area contributed by atoms with Crippen LogP contribution in [0.4, 0.5) is 0 Å². The number of hydrogen-bond donors (Lipinski definition) is 1. The summed E-state index contributed by atoms with van der Waals surface area (Å²) in [6, 6.07) is 4.62. The number of carbonyl (C=O) groups excluding carboxylic acids is 1. The van der Waals surface area contributed by atoms with Crippen molar-refractivity contribution < 1.29 is 4.79 Å². The van der Waals surface area contributed by atoms with Crippen LogP contribution in [-0.2, 0) is 11.2 Å². The normalized spacial score (nSPS) is 37.3. The summed E-state index contributed by atoms with van der Waals surface area (Å²) in [5, 5.41) is 3.36. The highest BCUT2D eigenvalue weighted by Gasteiger charge is 2.54. The number of nitrogens with one attached hydrogen (secondary N) is 1. The lowest BCUT2D eigenvalue weighted by molar-refractivity contribution is -0.146. The lowest BCUT2D eigenvalue weighted by atomic mass is 9.49. The van der Waals surface area contributed by atoms with E-state index in [1.807, 2.05) is 11.3 Å². The number of aryl methyl sites for hydroxylation is 1. The number of hydrogen-bond acceptors (Lipinski definition) is 2. The molecule has 0 aromatic carbocycles. The van der Waals surface area contributed by atoms with Gasteiger partial charge < -0.3 is 5.32 Å². The first-order valence-electron chi connectivity index (χ1n) is 8.89. The van der Waals surface area contributed by atoms with Gasteiger partial charge >= 0.3 is 0 Å². The van der Waals surface area contributed by atoms with Crippen molar-refractivity contribution in [3.63, 3.8) is 0 Å². The van der Waals surface area contributed by atoms with Gasteiger partial charge in [-0.1, -0.05) is 0 Å². The topological polar surface area (TPSA) is 29.1 Å². The maximum atomic E-state index is 13.0. The van der Waals surface area contributed by atoms with Crippen molar-refractivity contribution >= 4 is 17.2 Å². The third-order valence-electron chi connectivity index (χ3n) is 6.20. The zero-order chi connectivity index (χ0) is 15.3. The Morgan fingerprint density at radius 3 is 2.32 bits per heavy atom. The number of thiophene rings is 1. The summed E-state index contributed by atoms with van der Waals surface area (Å²) >= 11 is 1.85. The van der Waals surface area contributed by atoms with Crippen LogP contribution in [-0.4, -0.2) is 11.9 Å². The average molecular weight is 317 g/mol. The Balaban J connectivity index is 1.41. The fourth-order valence-electron chi connectivity index (χ4n) is 5.71. The molecule has 1 heterocycles. The number of rotatable bonds is 4. The van der Waals surface area contributed by atoms with E-state index in [4.69, 9.17) is 0 Å². The van der Waals surface area contributed by atoms with Gasteiger partial charge in [0.25, 0.3) is 0 Å². The fraction of sp³-hybridized carbons (Fsp3) is 0.737. The first-order valence-corrected chi connectivity index (χ1v) is 9.70. The van der Waals surface area contributed by atoms with Crippen molar-refractivity contribution in [2.24, 2.45) is 23.2 Å². The maximum absolute atomic E-state index is 13.0. The molecule has 1 amide bonds. The highest BCUT2D eigenvalue weighted by Crippen LogP contribution is 2.60. The van der Waals surface area contributed by atoms with Crippen molar-refractivity contribution in [3.8, 4) is 0 Å². The van der Waals surface area contributed by atoms with Crippen LogP contribution in [0, 0.1) is 30.1 Å². The molecule has 4 fully saturated rings. The van der Waals surface area contributed by atoms with Crippen LogP contribution < -0.4 is 5.32 Å². The molecule has 4 saturated carbocycles. The third-order valence-corrected chi connectivity index (χ3v) is 7.22. The predicted molar refractivity (Wildman–Crippen MR) is 91.0 cm³/mol. The number of amides is 1. The van der Waals surface area contributed by atoms with E-state index >= 15 is 0 Å². The van der Waals surface area contributed by atoms with Crippen LogP contribution in [0.5, 0.6) is 0 Å². The van der Waals surface area contributed by atoms with Gasteiger partial charge in [-0.25, -0.2) is 0 Å². The summed E-state index contributed by atoms with van der Waals surface area (Å²) in [5.41, 5.74) is -0.00558. The Kier molecular flexibility index (Phi) is 3.60. The molecule has 0 radical (unpaired) electrons. The fourth-order valence-corrected chi connectivity index (χ4v) is 6.73. The van der Waals surface area contributed by atoms with Gasteiger partial charge in [0, 0.05) is 27.6 Å². The van der Waals surface area contributed by atoms with Crippen molar-refractivity contribution in [2.45, 2.75) is 64.8 Å². The Hall–Kier alpha value is -0.830. The summed E-state index contributed by atoms with van der Waals surface area (Å²) in [7, 11) is 0. The summed E-state index contributed by atoms with van der Waals surface area (Å²) in [6.45, 7) is 4.31. The molecule has 4 aliphatic carbocycles. The highest BCUT2D eigenvalue weighted by atomic mass is 32.1. The minimum absolute atomic E-state index is 0.00558. The molecule has 0 aliphatic heterocycles. The SMILES string of the molecule is Cc1ccc(CC(C)NC(=O)C23CC4CC(CC(C4)C2)C3)s1. The molecule has 3 heteroatoms. The van der Waals surface area contributed by atoms with Crippen LogP contribution in [0.1, 0.15) is 55.2 Å². The molecule has 1 unspecified atom stereocenters. The summed E-state index contributed by atoms with van der Waals surface area (Å²) in [4.78, 5) is 15.7. The monoisotopic (exact) mass is 317 g/mol. The Bertz CT molecular complexity index is 540. The van der Waals surface area contributed by atoms with Gasteiger partial charge in [-0.15, -0.1) is 11.3 Å². The van der Waals surface area contributed by atoms with Gasteiger partial charge in [0.05, 0.1) is 0 Å². The molecule has 1 N–H and O–H groups in total. The van der Waals surface area contributed by atoms with Crippen LogP contribution in [0.3, 0.4) is 0 Å². The Morgan fingerprint density at radius 1 is 1.23 bits per heavy atom. The van der Waals surface area contributed by atoms with Crippen molar-refractivity contribution in [1.82, 2.24) is 5.32 Å². The second-order valence-corrected chi connectivity index (χ2v) is 9.66. The van der Waals surface area contributed by atoms with Gasteiger partial charge in [0.15, 0.2) is 0 Å². The van der Waals surface area contributed by atoms with E-state index < -0.39 is 0 Å². The molecule has 5 rings (SSSR count). The predicted octanol–water partition coefficient (Wildman–Crippen LogP) is 4.32. The lowest BCUT2D eigenvalue weighted by Gasteiger charge is -2.55. The van der Waals surface area contributed by atoms with E-state index in [0.717, 1.165) is 43.4 Å². The van der Waals surface area contributed by atoms with E-state index in [9.17, 15) is 4.79 Å². The molecule has 1 aromatic heterocycles. The smallest absolute Gasteiger partial charge is 0.226 e. The first kappa shape index (κ1) is 14.7. The first-order chi connectivity index (χ1) is 10.5. The second kappa shape index (κ2) is 5.36. The summed E-state index contributed by atoms with van der Waals surface area (Å²) in [5.74, 6) is 2.89. The molecular formula is C19H27NOS. The molecule has 22 heavy (non-hydrogen) atoms. The Morgan fingerprint density at radius 2 is 1.82 bits per heavy atom. The molecule has 4 bridgehead atoms. The van der Waals surface area contributed by atoms with Crippen molar-refractivity contribution in [2.75, 3.05) is 0 Å². The molecule has 1 aromatic rings. The molecule has 0 spiro atoms. The van der Waals surface area contributed by atoms with Gasteiger partial charge in [-0.05, 0) is 82.3 Å². The summed E-state index contributed by atoms with van der Waals surface area (Å²) < 4.78 is 0. The van der Waals surface area contributed by atoms with Crippen LogP contribution in [0.15, 0.2) is 12.1 Å². The zero-order valence-electron chi connectivity index (χ0n) is 13.7. The molecular weight excluding hydrogens is 290 g/mol. The van der Waals surface area contributed by atoms with E-state index in [0.29, 0.717) is 5.91 Å². The summed E-state index contributed by atoms with van der Waals surface area (Å²) in [6.07, 6.45) is 8.65. The van der Waals surface area contributed by atoms with Gasteiger partial charge in [0.1, 0.15) is 0 Å². The van der Waals surface area contributed by atoms with Crippen molar-refractivity contribution in [3.05, 3.63) is 21.9 Å². The van der Waals surface area contributed by atoms with Gasteiger partial charge in [-0.2, -0.15) is 0 Å². The van der Waals surface area contributed by atoms with Gasteiger partial charge in [-0.3, -0.25) is 4.79 Å². The van der Waals surface area contributed by atoms with E-state index in [1.165, 1.54) is 29.0 Å². The minimum atomic E-state index is -0.00558. The zero-order valence-corrected chi connectivity index (χ0v) is 14.5. The highest BCUT2D eigenvalue weighted by molar-refractivity contribution is 7.11. The van der Waals surface area contributed by atoms with E-state index in [2.05, 4.69) is 31.3 Å². The molecule has 4 aliphatic rings. The van der Waals surface area contributed by atoms with E-state index in [1.54, 1.807) is 0 Å². The average Bonchev–Trinajstić information content (AvgIpc) is 2.82. The molecule has 0 saturated heterocycles. The Labute approximate surface area is 137 Å². The molecule has 1 atom stereocenters. The van der Waals surface area contributed by atoms with Crippen molar-refractivity contribution in [1.29, 1.82) is 0 Å². The second-order valence-electron chi connectivity index (χ2n) is 8.29. The maximum Gasteiger partial charge on any atom is 0.226 e. The minimum Gasteiger partial charge on any atom is -0.353 e. The quantitative estimate of drug-likeness (QED) is 0.880. The van der Waals surface area contributed by atoms with Crippen LogP contribution in [0.25, 0.3) is 0 Å². The van der Waals surface area contributed by atoms with Crippen LogP contribution >= 0.6 is 11.3 Å². The van der Waals surface area contributed by atoms with E-state index in [-0.39, 0.29) is 11.5 Å². The van der Waals surface area contributed by atoms with Crippen LogP contribution in [0.2, 0.25) is 0 Å². The standard InChI is InChI=1S/C19H27NOS/c1-12(5-17-4-3-13(2)22-17)20-18(21)19-9-14-6-15(10-19)8-16(7-14)11-19/h3-4,12,14-16H,5-11H2,1-2H3,(H,20,21). The lowest BCUT2D eigenvalue weighted by Crippen LogP contribution is -2.55. The van der Waals surface area contributed by atoms with Gasteiger partial charge in [0.2, 0.25) is 5.91 Å². The third kappa shape index (κ3) is 2.62. The molecule has 2 nitrogen and oxygen atoms in total. The molecule has 120 valence electrons.